The maximum absolute atomic E-state index is 3.72. The van der Waals surface area contributed by atoms with Crippen molar-refractivity contribution in [2.75, 3.05) is 0 Å². The van der Waals surface area contributed by atoms with E-state index in [0.29, 0.717) is 0 Å². The molecule has 0 aliphatic heterocycles. The van der Waals surface area contributed by atoms with Crippen LogP contribution in [0.3, 0.4) is 0 Å². The molecule has 0 radical (unpaired) electrons. The molecule has 0 fully saturated rings. The summed E-state index contributed by atoms with van der Waals surface area (Å²) in [5.41, 5.74) is 2.44. The molecule has 0 spiro atoms. The van der Waals surface area contributed by atoms with E-state index in [2.05, 4.69) is 58.5 Å². The number of rotatable bonds is 3. The summed E-state index contributed by atoms with van der Waals surface area (Å²) < 4.78 is 0. The predicted molar refractivity (Wildman–Crippen MR) is 93.0 cm³/mol. The van der Waals surface area contributed by atoms with Crippen LogP contribution < -0.4 is 0 Å². The van der Waals surface area contributed by atoms with E-state index in [1.54, 1.807) is 24.8 Å². The van der Waals surface area contributed by atoms with Crippen LogP contribution in [0.25, 0.3) is 12.2 Å². The molecule has 1 aromatic heterocycles. The van der Waals surface area contributed by atoms with Crippen LogP contribution in [0.2, 0.25) is 0 Å². The van der Waals surface area contributed by atoms with Gasteiger partial charge in [-0.1, -0.05) is 85.0 Å². The first kappa shape index (κ1) is 15.4. The van der Waals surface area contributed by atoms with Crippen molar-refractivity contribution in [3.8, 4) is 0 Å². The van der Waals surface area contributed by atoms with Crippen LogP contribution in [0.5, 0.6) is 0 Å². The number of nitrogens with zero attached hydrogens (tertiary/aromatic N) is 2. The Labute approximate surface area is 131 Å². The van der Waals surface area contributed by atoms with Crippen LogP contribution in [-0.2, 0) is 0 Å². The van der Waals surface area contributed by atoms with Crippen molar-refractivity contribution < 1.29 is 0 Å². The molecule has 0 aliphatic carbocycles. The molecule has 0 amide bonds. The Kier molecular flexibility index (Phi) is 6.88. The van der Waals surface area contributed by atoms with Gasteiger partial charge in [0.1, 0.15) is 0 Å². The second-order valence-electron chi connectivity index (χ2n) is 4.43. The van der Waals surface area contributed by atoms with Gasteiger partial charge in [0.25, 0.3) is 0 Å². The molecule has 2 heteroatoms. The summed E-state index contributed by atoms with van der Waals surface area (Å²) in [6, 6.07) is 20.6. The highest BCUT2D eigenvalue weighted by Crippen LogP contribution is 2.03. The van der Waals surface area contributed by atoms with Crippen LogP contribution in [0.1, 0.15) is 11.1 Å². The standard InChI is InChI=1S/C16H14.C4H4N2/c1-3-9-15(10-4-1)13-7-8-14-16-11-5-2-6-12-16;1-2-6-4-3-5-1/h1-14H;1-4H/b13-7+,14-8+;. The second kappa shape index (κ2) is 9.83. The first-order chi connectivity index (χ1) is 10.9. The van der Waals surface area contributed by atoms with E-state index in [4.69, 9.17) is 0 Å². The van der Waals surface area contributed by atoms with Crippen molar-refractivity contribution in [3.05, 3.63) is 109 Å². The fourth-order valence-corrected chi connectivity index (χ4v) is 1.71. The van der Waals surface area contributed by atoms with Gasteiger partial charge in [0.15, 0.2) is 0 Å². The normalized spacial score (nSPS) is 10.4. The minimum Gasteiger partial charge on any atom is -0.262 e. The number of hydrogen-bond acceptors (Lipinski definition) is 2. The van der Waals surface area contributed by atoms with Gasteiger partial charge in [0.05, 0.1) is 0 Å². The lowest BCUT2D eigenvalue weighted by Crippen LogP contribution is -1.68. The summed E-state index contributed by atoms with van der Waals surface area (Å²) in [5.74, 6) is 0. The lowest BCUT2D eigenvalue weighted by molar-refractivity contribution is 1.20. The third-order valence-electron chi connectivity index (χ3n) is 2.77. The lowest BCUT2D eigenvalue weighted by Gasteiger charge is -1.90. The third kappa shape index (κ3) is 6.44. The number of benzene rings is 2. The molecule has 2 nitrogen and oxygen atoms in total. The largest absolute Gasteiger partial charge is 0.262 e. The monoisotopic (exact) mass is 286 g/mol. The van der Waals surface area contributed by atoms with Crippen LogP contribution >= 0.6 is 0 Å². The van der Waals surface area contributed by atoms with Crippen LogP contribution in [0, 0.1) is 0 Å². The van der Waals surface area contributed by atoms with E-state index in [0.717, 1.165) is 0 Å². The third-order valence-corrected chi connectivity index (χ3v) is 2.77. The van der Waals surface area contributed by atoms with Gasteiger partial charge in [-0.3, -0.25) is 9.97 Å². The molecular formula is C20H18N2. The van der Waals surface area contributed by atoms with Gasteiger partial charge in [-0.25, -0.2) is 0 Å². The summed E-state index contributed by atoms with van der Waals surface area (Å²) in [6.45, 7) is 0. The van der Waals surface area contributed by atoms with E-state index in [1.807, 2.05) is 36.4 Å². The van der Waals surface area contributed by atoms with E-state index in [1.165, 1.54) is 11.1 Å². The molecule has 0 N–H and O–H groups in total. The molecule has 0 atom stereocenters. The van der Waals surface area contributed by atoms with Crippen molar-refractivity contribution in [3.63, 3.8) is 0 Å². The molecule has 108 valence electrons. The Bertz CT molecular complexity index is 600. The van der Waals surface area contributed by atoms with Gasteiger partial charge >= 0.3 is 0 Å². The maximum Gasteiger partial charge on any atom is 0.0451 e. The molecule has 0 saturated heterocycles. The highest BCUT2D eigenvalue weighted by Gasteiger charge is 1.81. The molecule has 3 aromatic rings. The van der Waals surface area contributed by atoms with Gasteiger partial charge < -0.3 is 0 Å². The zero-order valence-corrected chi connectivity index (χ0v) is 12.3. The van der Waals surface area contributed by atoms with Crippen molar-refractivity contribution >= 4 is 12.2 Å². The summed E-state index contributed by atoms with van der Waals surface area (Å²) in [5, 5.41) is 0. The molecule has 0 bridgehead atoms. The fourth-order valence-electron chi connectivity index (χ4n) is 1.71. The molecule has 2 aromatic carbocycles. The van der Waals surface area contributed by atoms with Gasteiger partial charge in [-0.05, 0) is 11.1 Å². The molecular weight excluding hydrogens is 268 g/mol. The van der Waals surface area contributed by atoms with E-state index >= 15 is 0 Å². The van der Waals surface area contributed by atoms with Gasteiger partial charge in [0.2, 0.25) is 0 Å². The van der Waals surface area contributed by atoms with Crippen LogP contribution in [0.4, 0.5) is 0 Å². The Morgan fingerprint density at radius 3 is 1.18 bits per heavy atom. The van der Waals surface area contributed by atoms with Gasteiger partial charge in [-0.15, -0.1) is 0 Å². The second-order valence-corrected chi connectivity index (χ2v) is 4.43. The molecule has 1 heterocycles. The average molecular weight is 286 g/mol. The lowest BCUT2D eigenvalue weighted by atomic mass is 10.2. The van der Waals surface area contributed by atoms with Crippen molar-refractivity contribution in [1.82, 2.24) is 9.97 Å². The minimum atomic E-state index is 1.22. The summed E-state index contributed by atoms with van der Waals surface area (Å²) in [7, 11) is 0. The van der Waals surface area contributed by atoms with Crippen molar-refractivity contribution in [1.29, 1.82) is 0 Å². The number of allylic oxidation sites excluding steroid dienone is 2. The highest BCUT2D eigenvalue weighted by atomic mass is 14.7. The molecule has 0 unspecified atom stereocenters. The van der Waals surface area contributed by atoms with E-state index < -0.39 is 0 Å². The van der Waals surface area contributed by atoms with Crippen LogP contribution in [-0.4, -0.2) is 9.97 Å². The Morgan fingerprint density at radius 1 is 0.500 bits per heavy atom. The zero-order valence-electron chi connectivity index (χ0n) is 12.3. The van der Waals surface area contributed by atoms with Gasteiger partial charge in [-0.2, -0.15) is 0 Å². The Balaban J connectivity index is 0.000000246. The first-order valence-electron chi connectivity index (χ1n) is 7.10. The Morgan fingerprint density at radius 2 is 0.864 bits per heavy atom. The van der Waals surface area contributed by atoms with E-state index in [9.17, 15) is 0 Å². The maximum atomic E-state index is 3.72. The Hall–Kier alpha value is -3.00. The van der Waals surface area contributed by atoms with Crippen molar-refractivity contribution in [2.45, 2.75) is 0 Å². The average Bonchev–Trinajstić information content (AvgIpc) is 2.63. The number of hydrogen-bond donors (Lipinski definition) is 0. The molecule has 3 rings (SSSR count). The first-order valence-corrected chi connectivity index (χ1v) is 7.10. The molecule has 0 saturated carbocycles. The summed E-state index contributed by atoms with van der Waals surface area (Å²) in [4.78, 5) is 7.44. The SMILES string of the molecule is C(/C=C/c1ccccc1)=C\c1ccccc1.c1cnccn1. The predicted octanol–water partition coefficient (Wildman–Crippen LogP) is 4.89. The quantitative estimate of drug-likeness (QED) is 0.641. The van der Waals surface area contributed by atoms with E-state index in [-0.39, 0.29) is 0 Å². The topological polar surface area (TPSA) is 25.8 Å². The highest BCUT2D eigenvalue weighted by molar-refractivity contribution is 5.56. The van der Waals surface area contributed by atoms with Gasteiger partial charge in [0, 0.05) is 24.8 Å². The molecule has 0 aliphatic rings. The fraction of sp³-hybridized carbons (Fsp3) is 0. The zero-order chi connectivity index (χ0) is 15.3. The van der Waals surface area contributed by atoms with Crippen LogP contribution in [0.15, 0.2) is 97.6 Å². The summed E-state index contributed by atoms with van der Waals surface area (Å²) >= 11 is 0. The number of aromatic nitrogens is 2. The minimum absolute atomic E-state index is 1.22. The van der Waals surface area contributed by atoms with Crippen molar-refractivity contribution in [2.24, 2.45) is 0 Å². The molecule has 22 heavy (non-hydrogen) atoms. The smallest absolute Gasteiger partial charge is 0.0451 e. The summed E-state index contributed by atoms with van der Waals surface area (Å²) in [6.07, 6.45) is 14.9.